The molecule has 0 radical (unpaired) electrons. The molecule has 1 heterocycles. The number of nitrogens with zero attached hydrogens (tertiary/aromatic N) is 2. The molecule has 0 saturated heterocycles. The zero-order valence-corrected chi connectivity index (χ0v) is 30.9. The molecule has 1 aromatic heterocycles. The molecule has 0 atom stereocenters. The summed E-state index contributed by atoms with van der Waals surface area (Å²) in [6.45, 7) is 4.67. The Bertz CT molecular complexity index is 2870. The number of fused-ring (bicyclic) bond motifs is 4. The highest BCUT2D eigenvalue weighted by atomic mass is 14.9. The van der Waals surface area contributed by atoms with Crippen LogP contribution >= 0.6 is 0 Å². The van der Waals surface area contributed by atoms with Crippen LogP contribution in [0, 0.1) is 0 Å². The third-order valence-corrected chi connectivity index (χ3v) is 11.3. The van der Waals surface area contributed by atoms with Crippen molar-refractivity contribution in [3.8, 4) is 78.4 Å². The van der Waals surface area contributed by atoms with Crippen LogP contribution in [0.25, 0.3) is 89.2 Å². The Morgan fingerprint density at radius 3 is 1.58 bits per heavy atom. The van der Waals surface area contributed by atoms with Gasteiger partial charge in [-0.1, -0.05) is 190 Å². The minimum absolute atomic E-state index is 0.0225. The first-order chi connectivity index (χ1) is 27.0. The second-order valence-electron chi connectivity index (χ2n) is 15.0. The first-order valence-corrected chi connectivity index (χ1v) is 19.0. The van der Waals surface area contributed by atoms with E-state index < -0.39 is 0 Å². The smallest absolute Gasteiger partial charge is 0.160 e. The summed E-state index contributed by atoms with van der Waals surface area (Å²) in [5, 5.41) is 2.37. The van der Waals surface area contributed by atoms with Gasteiger partial charge in [0.05, 0.1) is 11.4 Å². The quantitative estimate of drug-likeness (QED) is 0.172. The van der Waals surface area contributed by atoms with E-state index in [4.69, 9.17) is 9.97 Å². The van der Waals surface area contributed by atoms with Crippen molar-refractivity contribution in [3.05, 3.63) is 205 Å². The van der Waals surface area contributed by atoms with E-state index in [1.807, 2.05) is 18.2 Å². The van der Waals surface area contributed by atoms with E-state index in [0.29, 0.717) is 5.82 Å². The van der Waals surface area contributed by atoms with Crippen molar-refractivity contribution < 1.29 is 0 Å². The summed E-state index contributed by atoms with van der Waals surface area (Å²) in [4.78, 5) is 10.4. The number of aromatic nitrogens is 2. The van der Waals surface area contributed by atoms with Crippen LogP contribution in [0.1, 0.15) is 25.0 Å². The minimum atomic E-state index is -0.0225. The van der Waals surface area contributed by atoms with Gasteiger partial charge < -0.3 is 0 Å². The lowest BCUT2D eigenvalue weighted by Crippen LogP contribution is -2.14. The molecule has 0 bridgehead atoms. The molecular weight excluding hydrogens is 665 g/mol. The molecule has 2 nitrogen and oxygen atoms in total. The number of hydrogen-bond acceptors (Lipinski definition) is 2. The molecule has 8 aromatic carbocycles. The fraction of sp³-hybridized carbons (Fsp3) is 0.0566. The summed E-state index contributed by atoms with van der Waals surface area (Å²) < 4.78 is 0. The molecule has 0 spiro atoms. The van der Waals surface area contributed by atoms with Crippen LogP contribution in [-0.4, -0.2) is 9.97 Å². The summed E-state index contributed by atoms with van der Waals surface area (Å²) in [5.74, 6) is 0.709. The Morgan fingerprint density at radius 1 is 0.309 bits per heavy atom. The van der Waals surface area contributed by atoms with Crippen LogP contribution in [0.4, 0.5) is 0 Å². The summed E-state index contributed by atoms with van der Waals surface area (Å²) in [6, 6.07) is 69.6. The zero-order valence-electron chi connectivity index (χ0n) is 30.9. The van der Waals surface area contributed by atoms with E-state index in [0.717, 1.165) is 28.1 Å². The third-order valence-electron chi connectivity index (χ3n) is 11.3. The van der Waals surface area contributed by atoms with Crippen molar-refractivity contribution in [1.29, 1.82) is 0 Å². The zero-order chi connectivity index (χ0) is 36.9. The molecule has 55 heavy (non-hydrogen) atoms. The molecule has 0 fully saturated rings. The molecule has 0 saturated carbocycles. The molecule has 10 rings (SSSR count). The van der Waals surface area contributed by atoms with Crippen LogP contribution in [-0.2, 0) is 5.41 Å². The Labute approximate surface area is 322 Å². The Balaban J connectivity index is 1.07. The van der Waals surface area contributed by atoms with Gasteiger partial charge in [-0.05, 0) is 84.6 Å². The van der Waals surface area contributed by atoms with E-state index in [9.17, 15) is 0 Å². The van der Waals surface area contributed by atoms with E-state index >= 15 is 0 Å². The van der Waals surface area contributed by atoms with E-state index in [1.54, 1.807) is 0 Å². The van der Waals surface area contributed by atoms with Crippen molar-refractivity contribution in [2.45, 2.75) is 19.3 Å². The molecule has 260 valence electrons. The number of benzene rings is 8. The predicted octanol–water partition coefficient (Wildman–Crippen LogP) is 13.9. The van der Waals surface area contributed by atoms with Crippen molar-refractivity contribution >= 4 is 10.8 Å². The molecule has 1 aliphatic carbocycles. The average molecular weight is 703 g/mol. The first-order valence-electron chi connectivity index (χ1n) is 19.0. The average Bonchev–Trinajstić information content (AvgIpc) is 3.49. The van der Waals surface area contributed by atoms with Crippen molar-refractivity contribution in [1.82, 2.24) is 9.97 Å². The Hall–Kier alpha value is -6.90. The van der Waals surface area contributed by atoms with Gasteiger partial charge in [0.1, 0.15) is 0 Å². The monoisotopic (exact) mass is 702 g/mol. The van der Waals surface area contributed by atoms with Gasteiger partial charge >= 0.3 is 0 Å². The molecule has 0 unspecified atom stereocenters. The van der Waals surface area contributed by atoms with Crippen LogP contribution in [0.5, 0.6) is 0 Å². The lowest BCUT2D eigenvalue weighted by Gasteiger charge is -2.21. The first kappa shape index (κ1) is 32.7. The lowest BCUT2D eigenvalue weighted by atomic mass is 9.82. The lowest BCUT2D eigenvalue weighted by molar-refractivity contribution is 0.660. The topological polar surface area (TPSA) is 25.8 Å². The molecule has 0 aliphatic heterocycles. The fourth-order valence-corrected chi connectivity index (χ4v) is 8.45. The van der Waals surface area contributed by atoms with Gasteiger partial charge in [-0.2, -0.15) is 0 Å². The molecule has 9 aromatic rings. The van der Waals surface area contributed by atoms with Crippen molar-refractivity contribution in [2.75, 3.05) is 0 Å². The van der Waals surface area contributed by atoms with Gasteiger partial charge in [0, 0.05) is 22.1 Å². The van der Waals surface area contributed by atoms with Crippen molar-refractivity contribution in [3.63, 3.8) is 0 Å². The van der Waals surface area contributed by atoms with E-state index in [2.05, 4.69) is 190 Å². The Morgan fingerprint density at radius 2 is 0.836 bits per heavy atom. The number of hydrogen-bond donors (Lipinski definition) is 0. The molecular formula is C53H38N2. The van der Waals surface area contributed by atoms with Crippen LogP contribution in [0.15, 0.2) is 194 Å². The minimum Gasteiger partial charge on any atom is -0.228 e. The highest BCUT2D eigenvalue weighted by Gasteiger charge is 2.35. The third kappa shape index (κ3) is 5.75. The van der Waals surface area contributed by atoms with Gasteiger partial charge in [-0.15, -0.1) is 0 Å². The molecule has 2 heteroatoms. The summed E-state index contributed by atoms with van der Waals surface area (Å²) in [6.07, 6.45) is 0. The van der Waals surface area contributed by atoms with Crippen LogP contribution < -0.4 is 0 Å². The summed E-state index contributed by atoms with van der Waals surface area (Å²) >= 11 is 0. The van der Waals surface area contributed by atoms with Crippen molar-refractivity contribution in [2.24, 2.45) is 0 Å². The van der Waals surface area contributed by atoms with E-state index in [-0.39, 0.29) is 5.41 Å². The SMILES string of the molecule is CC1(C)c2ccccc2-c2cc(-c3ccc(-c4cc(-c5ccc(-c6cccc(-c7ccccc7)c6)cc5)nc(-c5ccccc5)n4)c4ccccc34)ccc21. The number of rotatable bonds is 6. The second kappa shape index (κ2) is 13.2. The maximum atomic E-state index is 5.23. The maximum Gasteiger partial charge on any atom is 0.160 e. The van der Waals surface area contributed by atoms with Gasteiger partial charge in [-0.25, -0.2) is 9.97 Å². The maximum absolute atomic E-state index is 5.23. The Kier molecular flexibility index (Phi) is 7.85. The van der Waals surface area contributed by atoms with Gasteiger partial charge in [0.2, 0.25) is 0 Å². The molecule has 1 aliphatic rings. The highest BCUT2D eigenvalue weighted by molar-refractivity contribution is 6.05. The predicted molar refractivity (Wildman–Crippen MR) is 230 cm³/mol. The summed E-state index contributed by atoms with van der Waals surface area (Å²) in [5.41, 5.74) is 17.5. The normalized spacial score (nSPS) is 12.7. The van der Waals surface area contributed by atoms with Gasteiger partial charge in [-0.3, -0.25) is 0 Å². The second-order valence-corrected chi connectivity index (χ2v) is 15.0. The fourth-order valence-electron chi connectivity index (χ4n) is 8.45. The largest absolute Gasteiger partial charge is 0.228 e. The van der Waals surface area contributed by atoms with E-state index in [1.165, 1.54) is 66.4 Å². The van der Waals surface area contributed by atoms with Crippen LogP contribution in [0.3, 0.4) is 0 Å². The van der Waals surface area contributed by atoms with Gasteiger partial charge in [0.15, 0.2) is 5.82 Å². The highest BCUT2D eigenvalue weighted by Crippen LogP contribution is 2.50. The summed E-state index contributed by atoms with van der Waals surface area (Å²) in [7, 11) is 0. The standard InChI is InChI=1S/C53H38N2/c1-53(2)48-23-12-11-22-45(48)47-33-41(28-31-49(47)53)42-29-30-46(44-21-10-9-20-43(42)44)51-34-50(54-52(55-51)38-16-7-4-8-17-38)37-26-24-36(25-27-37)40-19-13-18-39(32-40)35-14-5-3-6-15-35/h3-34H,1-2H3. The molecule has 0 amide bonds. The molecule has 0 N–H and O–H groups in total. The van der Waals surface area contributed by atoms with Crippen LogP contribution in [0.2, 0.25) is 0 Å². The van der Waals surface area contributed by atoms with Gasteiger partial charge in [0.25, 0.3) is 0 Å².